The topological polar surface area (TPSA) is 73.3 Å². The zero-order chi connectivity index (χ0) is 12.0. The normalized spacial score (nSPS) is 14.8. The van der Waals surface area contributed by atoms with Gasteiger partial charge in [0.15, 0.2) is 0 Å². The second-order valence-electron chi connectivity index (χ2n) is 4.51. The molecule has 1 heterocycles. The van der Waals surface area contributed by atoms with Crippen LogP contribution in [0.2, 0.25) is 0 Å². The predicted octanol–water partition coefficient (Wildman–Crippen LogP) is 2.45. The lowest BCUT2D eigenvalue weighted by Gasteiger charge is -2.10. The number of aromatic carboxylic acids is 1. The lowest BCUT2D eigenvalue weighted by atomic mass is 9.95. The number of benzene rings is 1. The van der Waals surface area contributed by atoms with Crippen molar-refractivity contribution in [1.82, 2.24) is 4.98 Å². The van der Waals surface area contributed by atoms with E-state index < -0.39 is 5.97 Å². The zero-order valence-corrected chi connectivity index (χ0v) is 9.29. The molecule has 1 aliphatic carbocycles. The molecular weight excluding hydrogens is 218 g/mol. The number of carboxylic acid groups (broad SMARTS) is 1. The summed E-state index contributed by atoms with van der Waals surface area (Å²) in [6, 6.07) is 3.09. The van der Waals surface area contributed by atoms with Crippen molar-refractivity contribution in [1.29, 1.82) is 0 Å². The number of aryl methyl sites for hydroxylation is 2. The molecule has 0 bridgehead atoms. The van der Waals surface area contributed by atoms with E-state index in [2.05, 4.69) is 4.98 Å². The molecule has 0 saturated heterocycles. The third-order valence-corrected chi connectivity index (χ3v) is 3.44. The van der Waals surface area contributed by atoms with Crippen molar-refractivity contribution in [3.8, 4) is 5.75 Å². The molecule has 0 unspecified atom stereocenters. The van der Waals surface area contributed by atoms with Gasteiger partial charge in [0.05, 0.1) is 0 Å². The SMILES string of the molecule is O=C(O)c1cc2c3c([nH]c2cc1O)CCCC3. The fourth-order valence-electron chi connectivity index (χ4n) is 2.62. The fourth-order valence-corrected chi connectivity index (χ4v) is 2.62. The van der Waals surface area contributed by atoms with Gasteiger partial charge in [-0.05, 0) is 37.3 Å². The van der Waals surface area contributed by atoms with Crippen molar-refractivity contribution in [3.05, 3.63) is 29.0 Å². The molecule has 17 heavy (non-hydrogen) atoms. The first-order valence-electron chi connectivity index (χ1n) is 5.76. The molecule has 4 nitrogen and oxygen atoms in total. The Morgan fingerprint density at radius 2 is 2.00 bits per heavy atom. The van der Waals surface area contributed by atoms with E-state index in [1.165, 1.54) is 17.3 Å². The van der Waals surface area contributed by atoms with Crippen molar-refractivity contribution < 1.29 is 15.0 Å². The van der Waals surface area contributed by atoms with Gasteiger partial charge >= 0.3 is 5.97 Å². The Labute approximate surface area is 97.9 Å². The van der Waals surface area contributed by atoms with E-state index >= 15 is 0 Å². The second-order valence-corrected chi connectivity index (χ2v) is 4.51. The van der Waals surface area contributed by atoms with Gasteiger partial charge in [-0.25, -0.2) is 4.79 Å². The van der Waals surface area contributed by atoms with E-state index in [4.69, 9.17) is 5.11 Å². The minimum absolute atomic E-state index is 0.0233. The number of carbonyl (C=O) groups is 1. The summed E-state index contributed by atoms with van der Waals surface area (Å²) in [5.41, 5.74) is 3.21. The second kappa shape index (κ2) is 3.52. The fraction of sp³-hybridized carbons (Fsp3) is 0.308. The summed E-state index contributed by atoms with van der Waals surface area (Å²) in [5, 5.41) is 19.6. The van der Waals surface area contributed by atoms with E-state index in [0.29, 0.717) is 0 Å². The Morgan fingerprint density at radius 1 is 1.24 bits per heavy atom. The number of hydrogen-bond acceptors (Lipinski definition) is 2. The molecule has 3 N–H and O–H groups in total. The number of nitrogens with one attached hydrogen (secondary N) is 1. The number of rotatable bonds is 1. The van der Waals surface area contributed by atoms with Gasteiger partial charge in [0, 0.05) is 22.7 Å². The van der Waals surface area contributed by atoms with Crippen LogP contribution in [0.3, 0.4) is 0 Å². The van der Waals surface area contributed by atoms with Crippen LogP contribution in [0.1, 0.15) is 34.5 Å². The molecule has 3 rings (SSSR count). The summed E-state index contributed by atoms with van der Waals surface area (Å²) in [6.07, 6.45) is 4.30. The van der Waals surface area contributed by atoms with Gasteiger partial charge in [-0.1, -0.05) is 0 Å². The quantitative estimate of drug-likeness (QED) is 0.705. The molecule has 1 aliphatic rings. The van der Waals surface area contributed by atoms with E-state index in [1.807, 2.05) is 0 Å². The molecule has 0 radical (unpaired) electrons. The maximum absolute atomic E-state index is 11.0. The summed E-state index contributed by atoms with van der Waals surface area (Å²) in [7, 11) is 0. The zero-order valence-electron chi connectivity index (χ0n) is 9.29. The van der Waals surface area contributed by atoms with Crippen molar-refractivity contribution in [2.24, 2.45) is 0 Å². The van der Waals surface area contributed by atoms with E-state index in [0.717, 1.165) is 36.6 Å². The smallest absolute Gasteiger partial charge is 0.339 e. The molecule has 4 heteroatoms. The van der Waals surface area contributed by atoms with Crippen LogP contribution in [0.4, 0.5) is 0 Å². The summed E-state index contributed by atoms with van der Waals surface area (Å²) in [6.45, 7) is 0. The Morgan fingerprint density at radius 3 is 2.76 bits per heavy atom. The van der Waals surface area contributed by atoms with Gasteiger partial charge in [0.25, 0.3) is 0 Å². The average Bonchev–Trinajstić information content (AvgIpc) is 2.64. The van der Waals surface area contributed by atoms with E-state index in [9.17, 15) is 9.90 Å². The summed E-state index contributed by atoms with van der Waals surface area (Å²) in [4.78, 5) is 14.3. The van der Waals surface area contributed by atoms with E-state index in [1.54, 1.807) is 6.07 Å². The molecule has 0 amide bonds. The maximum atomic E-state index is 11.0. The lowest BCUT2D eigenvalue weighted by molar-refractivity contribution is 0.0694. The highest BCUT2D eigenvalue weighted by Crippen LogP contribution is 2.32. The van der Waals surface area contributed by atoms with Crippen LogP contribution in [-0.2, 0) is 12.8 Å². The van der Waals surface area contributed by atoms with Gasteiger partial charge in [-0.2, -0.15) is 0 Å². The minimum atomic E-state index is -1.09. The molecule has 0 fully saturated rings. The largest absolute Gasteiger partial charge is 0.507 e. The van der Waals surface area contributed by atoms with Crippen LogP contribution in [0.15, 0.2) is 12.1 Å². The van der Waals surface area contributed by atoms with Gasteiger partial charge in [-0.15, -0.1) is 0 Å². The van der Waals surface area contributed by atoms with Crippen molar-refractivity contribution in [2.75, 3.05) is 0 Å². The molecule has 1 aromatic carbocycles. The third kappa shape index (κ3) is 1.48. The molecule has 1 aromatic heterocycles. The number of H-pyrrole nitrogens is 1. The standard InChI is InChI=1S/C13H13NO3/c15-12-6-11-8(5-9(12)13(16)17)7-3-1-2-4-10(7)14-11/h5-6,14-15H,1-4H2,(H,16,17). The Bertz CT molecular complexity index is 613. The third-order valence-electron chi connectivity index (χ3n) is 3.44. The first-order chi connectivity index (χ1) is 8.16. The molecule has 0 spiro atoms. The molecule has 0 aliphatic heterocycles. The minimum Gasteiger partial charge on any atom is -0.507 e. The lowest BCUT2D eigenvalue weighted by Crippen LogP contribution is -2.00. The van der Waals surface area contributed by atoms with Gasteiger partial charge < -0.3 is 15.2 Å². The Hall–Kier alpha value is -1.97. The van der Waals surface area contributed by atoms with Crippen LogP contribution in [0.5, 0.6) is 5.75 Å². The Kier molecular flexibility index (Phi) is 2.11. The number of aromatic hydroxyl groups is 1. The highest BCUT2D eigenvalue weighted by molar-refractivity contribution is 5.98. The van der Waals surface area contributed by atoms with Crippen molar-refractivity contribution >= 4 is 16.9 Å². The molecule has 88 valence electrons. The maximum Gasteiger partial charge on any atom is 0.339 e. The van der Waals surface area contributed by atoms with Gasteiger partial charge in [0.2, 0.25) is 0 Å². The molecule has 2 aromatic rings. The van der Waals surface area contributed by atoms with Crippen LogP contribution in [0, 0.1) is 0 Å². The summed E-state index contributed by atoms with van der Waals surface area (Å²) >= 11 is 0. The monoisotopic (exact) mass is 231 g/mol. The van der Waals surface area contributed by atoms with Crippen LogP contribution in [-0.4, -0.2) is 21.2 Å². The number of aromatic nitrogens is 1. The predicted molar refractivity (Wildman–Crippen MR) is 63.6 cm³/mol. The molecule has 0 saturated carbocycles. The first-order valence-corrected chi connectivity index (χ1v) is 5.76. The van der Waals surface area contributed by atoms with Crippen LogP contribution in [0.25, 0.3) is 10.9 Å². The first kappa shape index (κ1) is 10.2. The van der Waals surface area contributed by atoms with E-state index in [-0.39, 0.29) is 11.3 Å². The number of carboxylic acids is 1. The molecular formula is C13H13NO3. The number of fused-ring (bicyclic) bond motifs is 3. The highest BCUT2D eigenvalue weighted by atomic mass is 16.4. The summed E-state index contributed by atoms with van der Waals surface area (Å²) in [5.74, 6) is -1.27. The number of aromatic amines is 1. The van der Waals surface area contributed by atoms with Crippen LogP contribution < -0.4 is 0 Å². The number of hydrogen-bond donors (Lipinski definition) is 3. The Balaban J connectivity index is 2.29. The van der Waals surface area contributed by atoms with Crippen LogP contribution >= 0.6 is 0 Å². The van der Waals surface area contributed by atoms with Crippen molar-refractivity contribution in [2.45, 2.75) is 25.7 Å². The van der Waals surface area contributed by atoms with Gasteiger partial charge in [0.1, 0.15) is 11.3 Å². The van der Waals surface area contributed by atoms with Crippen molar-refractivity contribution in [3.63, 3.8) is 0 Å². The van der Waals surface area contributed by atoms with Gasteiger partial charge in [-0.3, -0.25) is 0 Å². The number of phenols is 1. The summed E-state index contributed by atoms with van der Waals surface area (Å²) < 4.78 is 0. The average molecular weight is 231 g/mol. The molecule has 0 atom stereocenters. The highest BCUT2D eigenvalue weighted by Gasteiger charge is 2.18.